The maximum atomic E-state index is 12.2. The van der Waals surface area contributed by atoms with E-state index < -0.39 is 12.0 Å². The van der Waals surface area contributed by atoms with Gasteiger partial charge in [-0.05, 0) is 24.5 Å². The molecule has 0 unspecified atom stereocenters. The van der Waals surface area contributed by atoms with Crippen molar-refractivity contribution in [1.82, 2.24) is 5.32 Å². The Kier molecular flexibility index (Phi) is 5.13. The summed E-state index contributed by atoms with van der Waals surface area (Å²) in [6.07, 6.45) is 0. The van der Waals surface area contributed by atoms with Crippen molar-refractivity contribution >= 4 is 17.7 Å². The number of amides is 2. The van der Waals surface area contributed by atoms with E-state index in [1.807, 2.05) is 39.8 Å². The topological polar surface area (TPSA) is 69.6 Å². The lowest BCUT2D eigenvalue weighted by atomic mass is 9.97. The van der Waals surface area contributed by atoms with E-state index >= 15 is 0 Å². The number of urea groups is 1. The second kappa shape index (κ2) is 6.41. The number of carbonyl (C=O) groups excluding carboxylic acids is 1. The monoisotopic (exact) mass is 278 g/mol. The Bertz CT molecular complexity index is 475. The molecule has 0 bridgehead atoms. The van der Waals surface area contributed by atoms with E-state index in [2.05, 4.69) is 5.32 Å². The van der Waals surface area contributed by atoms with Crippen LogP contribution in [-0.2, 0) is 4.79 Å². The standard InChI is InChI=1S/C15H22N2O3/c1-11-5-7-12(8-6-11)17(9-13(18)19)14(20)16-10-15(2,3)4/h5-8H,9-10H2,1-4H3,(H,16,20)(H,18,19). The van der Waals surface area contributed by atoms with Crippen LogP contribution in [0.4, 0.5) is 10.5 Å². The van der Waals surface area contributed by atoms with Gasteiger partial charge in [0.25, 0.3) is 0 Å². The highest BCUT2D eigenvalue weighted by molar-refractivity contribution is 5.96. The average Bonchev–Trinajstić information content (AvgIpc) is 2.33. The SMILES string of the molecule is Cc1ccc(N(CC(=O)O)C(=O)NCC(C)(C)C)cc1. The van der Waals surface area contributed by atoms with Crippen LogP contribution in [0, 0.1) is 12.3 Å². The highest BCUT2D eigenvalue weighted by atomic mass is 16.4. The summed E-state index contributed by atoms with van der Waals surface area (Å²) in [6.45, 7) is 8.06. The number of anilines is 1. The van der Waals surface area contributed by atoms with E-state index in [0.717, 1.165) is 5.56 Å². The highest BCUT2D eigenvalue weighted by Gasteiger charge is 2.20. The molecule has 0 fully saturated rings. The van der Waals surface area contributed by atoms with Crippen LogP contribution in [-0.4, -0.2) is 30.2 Å². The molecule has 0 saturated carbocycles. The second-order valence-electron chi connectivity index (χ2n) is 6.03. The molecule has 20 heavy (non-hydrogen) atoms. The van der Waals surface area contributed by atoms with E-state index in [1.165, 1.54) is 4.90 Å². The fraction of sp³-hybridized carbons (Fsp3) is 0.467. The van der Waals surface area contributed by atoms with Gasteiger partial charge in [-0.25, -0.2) is 4.79 Å². The summed E-state index contributed by atoms with van der Waals surface area (Å²) in [6, 6.07) is 6.79. The van der Waals surface area contributed by atoms with Crippen LogP contribution in [0.5, 0.6) is 0 Å². The zero-order valence-corrected chi connectivity index (χ0v) is 12.4. The van der Waals surface area contributed by atoms with Gasteiger partial charge in [0.1, 0.15) is 6.54 Å². The van der Waals surface area contributed by atoms with Crippen molar-refractivity contribution in [2.45, 2.75) is 27.7 Å². The summed E-state index contributed by atoms with van der Waals surface area (Å²) in [4.78, 5) is 24.3. The van der Waals surface area contributed by atoms with Crippen LogP contribution in [0.25, 0.3) is 0 Å². The lowest BCUT2D eigenvalue weighted by molar-refractivity contribution is -0.135. The Morgan fingerprint density at radius 3 is 2.20 bits per heavy atom. The fourth-order valence-electron chi connectivity index (χ4n) is 1.58. The number of carboxylic acid groups (broad SMARTS) is 1. The number of hydrogen-bond donors (Lipinski definition) is 2. The number of carbonyl (C=O) groups is 2. The van der Waals surface area contributed by atoms with Crippen molar-refractivity contribution in [1.29, 1.82) is 0 Å². The van der Waals surface area contributed by atoms with Gasteiger partial charge in [0.05, 0.1) is 0 Å². The highest BCUT2D eigenvalue weighted by Crippen LogP contribution is 2.16. The number of nitrogens with zero attached hydrogens (tertiary/aromatic N) is 1. The van der Waals surface area contributed by atoms with Gasteiger partial charge >= 0.3 is 12.0 Å². The summed E-state index contributed by atoms with van der Waals surface area (Å²) >= 11 is 0. The lowest BCUT2D eigenvalue weighted by Gasteiger charge is -2.25. The number of hydrogen-bond acceptors (Lipinski definition) is 2. The molecule has 0 heterocycles. The minimum atomic E-state index is -1.04. The first-order valence-electron chi connectivity index (χ1n) is 6.53. The fourth-order valence-corrected chi connectivity index (χ4v) is 1.58. The third-order valence-electron chi connectivity index (χ3n) is 2.65. The zero-order chi connectivity index (χ0) is 15.3. The minimum absolute atomic E-state index is 0.0577. The molecule has 0 aromatic heterocycles. The number of nitrogens with one attached hydrogen (secondary N) is 1. The summed E-state index contributed by atoms with van der Waals surface area (Å²) in [5, 5.41) is 11.7. The third-order valence-corrected chi connectivity index (χ3v) is 2.65. The third kappa shape index (κ3) is 5.30. The Balaban J connectivity index is 2.86. The molecule has 0 atom stereocenters. The zero-order valence-electron chi connectivity index (χ0n) is 12.4. The molecule has 1 aromatic carbocycles. The van der Waals surface area contributed by atoms with Crippen molar-refractivity contribution in [2.24, 2.45) is 5.41 Å². The summed E-state index contributed by atoms with van der Waals surface area (Å²) in [5.74, 6) is -1.04. The van der Waals surface area contributed by atoms with Crippen LogP contribution in [0.15, 0.2) is 24.3 Å². The predicted octanol–water partition coefficient (Wildman–Crippen LogP) is 2.64. The number of carboxylic acids is 1. The molecule has 0 radical (unpaired) electrons. The smallest absolute Gasteiger partial charge is 0.323 e. The Labute approximate surface area is 119 Å². The normalized spacial score (nSPS) is 11.0. The van der Waals surface area contributed by atoms with Crippen molar-refractivity contribution < 1.29 is 14.7 Å². The van der Waals surface area contributed by atoms with Crippen LogP contribution >= 0.6 is 0 Å². The summed E-state index contributed by atoms with van der Waals surface area (Å²) < 4.78 is 0. The van der Waals surface area contributed by atoms with Gasteiger partial charge in [0.15, 0.2) is 0 Å². The maximum absolute atomic E-state index is 12.2. The largest absolute Gasteiger partial charge is 0.480 e. The van der Waals surface area contributed by atoms with Crippen molar-refractivity contribution in [2.75, 3.05) is 18.0 Å². The van der Waals surface area contributed by atoms with E-state index in [1.54, 1.807) is 12.1 Å². The van der Waals surface area contributed by atoms with E-state index in [4.69, 9.17) is 5.11 Å². The summed E-state index contributed by atoms with van der Waals surface area (Å²) in [7, 11) is 0. The molecule has 1 rings (SSSR count). The lowest BCUT2D eigenvalue weighted by Crippen LogP contribution is -2.45. The Hall–Kier alpha value is -2.04. The van der Waals surface area contributed by atoms with Gasteiger partial charge in [0.2, 0.25) is 0 Å². The second-order valence-corrected chi connectivity index (χ2v) is 6.03. The molecular weight excluding hydrogens is 256 g/mol. The molecule has 0 aliphatic rings. The molecule has 2 N–H and O–H groups in total. The van der Waals surface area contributed by atoms with Crippen molar-refractivity contribution in [3.63, 3.8) is 0 Å². The Morgan fingerprint density at radius 2 is 1.75 bits per heavy atom. The van der Waals surface area contributed by atoms with Gasteiger partial charge in [0, 0.05) is 12.2 Å². The number of aryl methyl sites for hydroxylation is 1. The van der Waals surface area contributed by atoms with E-state index in [0.29, 0.717) is 12.2 Å². The van der Waals surface area contributed by atoms with Crippen molar-refractivity contribution in [3.05, 3.63) is 29.8 Å². The van der Waals surface area contributed by atoms with Crippen LogP contribution in [0.3, 0.4) is 0 Å². The molecule has 2 amide bonds. The number of rotatable bonds is 4. The minimum Gasteiger partial charge on any atom is -0.480 e. The first-order valence-corrected chi connectivity index (χ1v) is 6.53. The van der Waals surface area contributed by atoms with Gasteiger partial charge in [-0.1, -0.05) is 38.5 Å². The van der Waals surface area contributed by atoms with Gasteiger partial charge in [-0.15, -0.1) is 0 Å². The average molecular weight is 278 g/mol. The van der Waals surface area contributed by atoms with Crippen LogP contribution < -0.4 is 10.2 Å². The molecule has 0 aliphatic heterocycles. The first-order chi connectivity index (χ1) is 9.19. The van der Waals surface area contributed by atoms with Gasteiger partial charge in [-0.2, -0.15) is 0 Å². The van der Waals surface area contributed by atoms with Crippen LogP contribution in [0.1, 0.15) is 26.3 Å². The van der Waals surface area contributed by atoms with E-state index in [-0.39, 0.29) is 12.0 Å². The first kappa shape index (κ1) is 16.0. The molecule has 0 spiro atoms. The van der Waals surface area contributed by atoms with Gasteiger partial charge in [-0.3, -0.25) is 9.69 Å². The molecule has 0 aliphatic carbocycles. The maximum Gasteiger partial charge on any atom is 0.323 e. The quantitative estimate of drug-likeness (QED) is 0.889. The van der Waals surface area contributed by atoms with Crippen LogP contribution in [0.2, 0.25) is 0 Å². The van der Waals surface area contributed by atoms with Crippen molar-refractivity contribution in [3.8, 4) is 0 Å². The number of benzene rings is 1. The Morgan fingerprint density at radius 1 is 1.20 bits per heavy atom. The predicted molar refractivity (Wildman–Crippen MR) is 79.0 cm³/mol. The molecule has 5 nitrogen and oxygen atoms in total. The molecule has 110 valence electrons. The molecule has 1 aromatic rings. The molecule has 0 saturated heterocycles. The molecule has 5 heteroatoms. The van der Waals surface area contributed by atoms with E-state index in [9.17, 15) is 9.59 Å². The van der Waals surface area contributed by atoms with Gasteiger partial charge < -0.3 is 10.4 Å². The number of aliphatic carboxylic acids is 1. The summed E-state index contributed by atoms with van der Waals surface area (Å²) in [5.41, 5.74) is 1.57. The molecular formula is C15H22N2O3.